The number of amides is 1. The van der Waals surface area contributed by atoms with Crippen molar-refractivity contribution in [3.05, 3.63) is 40.4 Å². The highest BCUT2D eigenvalue weighted by Crippen LogP contribution is 2.25. The summed E-state index contributed by atoms with van der Waals surface area (Å²) in [6.07, 6.45) is 1.14. The van der Waals surface area contributed by atoms with Crippen LogP contribution in [-0.4, -0.2) is 22.5 Å². The number of benzene rings is 1. The summed E-state index contributed by atoms with van der Waals surface area (Å²) in [6.45, 7) is 1.77. The molecule has 5 nitrogen and oxygen atoms in total. The summed E-state index contributed by atoms with van der Waals surface area (Å²) in [5.74, 6) is 0.0562. The first-order valence-corrected chi connectivity index (χ1v) is 7.29. The summed E-state index contributed by atoms with van der Waals surface area (Å²) in [5, 5.41) is 16.1. The van der Waals surface area contributed by atoms with E-state index in [4.69, 9.17) is 0 Å². The first kappa shape index (κ1) is 13.1. The number of anilines is 1. The molecule has 1 aliphatic rings. The summed E-state index contributed by atoms with van der Waals surface area (Å²) in [4.78, 5) is 17.6. The van der Waals surface area contributed by atoms with Crippen LogP contribution in [0.15, 0.2) is 24.3 Å². The van der Waals surface area contributed by atoms with Crippen LogP contribution in [0.1, 0.15) is 16.1 Å². The van der Waals surface area contributed by atoms with Crippen LogP contribution in [0.3, 0.4) is 0 Å². The topological polar surface area (TPSA) is 74.2 Å². The normalized spacial score (nSPS) is 13.8. The molecule has 1 aromatic carbocycles. The molecule has 20 heavy (non-hydrogen) atoms. The van der Waals surface area contributed by atoms with E-state index in [2.05, 4.69) is 15.6 Å². The molecule has 0 spiro atoms. The third-order valence-electron chi connectivity index (χ3n) is 3.12. The Hall–Kier alpha value is -1.92. The number of carbonyl (C=O) groups is 1. The molecule has 1 aliphatic heterocycles. The van der Waals surface area contributed by atoms with Gasteiger partial charge in [0.25, 0.3) is 0 Å². The maximum absolute atomic E-state index is 12.0. The molecular weight excluding hydrogens is 274 g/mol. The van der Waals surface area contributed by atoms with Gasteiger partial charge in [-0.05, 0) is 17.7 Å². The van der Waals surface area contributed by atoms with Gasteiger partial charge in [0.05, 0.1) is 12.1 Å². The third kappa shape index (κ3) is 2.97. The van der Waals surface area contributed by atoms with Crippen LogP contribution >= 0.6 is 11.3 Å². The summed E-state index contributed by atoms with van der Waals surface area (Å²) in [7, 11) is 0. The van der Waals surface area contributed by atoms with Gasteiger partial charge >= 0.3 is 0 Å². The largest absolute Gasteiger partial charge is 0.508 e. The van der Waals surface area contributed by atoms with E-state index in [-0.39, 0.29) is 18.1 Å². The number of fused-ring (bicyclic) bond motifs is 1. The van der Waals surface area contributed by atoms with Crippen LogP contribution in [-0.2, 0) is 24.2 Å². The number of carbonyl (C=O) groups excluding carboxylic acids is 1. The molecule has 104 valence electrons. The molecule has 0 saturated carbocycles. The summed E-state index contributed by atoms with van der Waals surface area (Å²) >= 11 is 1.52. The van der Waals surface area contributed by atoms with Gasteiger partial charge in [0, 0.05) is 24.4 Å². The zero-order valence-corrected chi connectivity index (χ0v) is 11.7. The molecule has 0 aliphatic carbocycles. The van der Waals surface area contributed by atoms with E-state index >= 15 is 0 Å². The van der Waals surface area contributed by atoms with E-state index in [1.807, 2.05) is 6.07 Å². The number of phenolic OH excluding ortho intramolecular Hbond substituents is 1. The highest BCUT2D eigenvalue weighted by molar-refractivity contribution is 7.15. The van der Waals surface area contributed by atoms with E-state index < -0.39 is 0 Å². The Morgan fingerprint density at radius 3 is 3.20 bits per heavy atom. The smallest absolute Gasteiger partial charge is 0.230 e. The fraction of sp³-hybridized carbons (Fsp3) is 0.286. The molecule has 1 amide bonds. The minimum atomic E-state index is -0.116. The fourth-order valence-electron chi connectivity index (χ4n) is 2.19. The summed E-state index contributed by atoms with van der Waals surface area (Å²) in [5.41, 5.74) is 1.87. The van der Waals surface area contributed by atoms with Crippen molar-refractivity contribution in [1.29, 1.82) is 0 Å². The van der Waals surface area contributed by atoms with E-state index in [1.54, 1.807) is 18.2 Å². The molecule has 2 heterocycles. The predicted molar refractivity (Wildman–Crippen MR) is 78.0 cm³/mol. The van der Waals surface area contributed by atoms with Crippen LogP contribution in [0.5, 0.6) is 5.75 Å². The maximum atomic E-state index is 12.0. The molecule has 2 aromatic rings. The van der Waals surface area contributed by atoms with Crippen LogP contribution in [0.25, 0.3) is 0 Å². The lowest BCUT2D eigenvalue weighted by atomic mass is 10.1. The number of hydrogen-bond donors (Lipinski definition) is 3. The Bertz CT molecular complexity index is 616. The Balaban J connectivity index is 1.65. The van der Waals surface area contributed by atoms with Gasteiger partial charge in [0.1, 0.15) is 5.75 Å². The first-order valence-electron chi connectivity index (χ1n) is 6.48. The number of rotatable bonds is 3. The zero-order chi connectivity index (χ0) is 13.9. The molecule has 1 aromatic heterocycles. The highest BCUT2D eigenvalue weighted by Gasteiger charge is 2.16. The van der Waals surface area contributed by atoms with Gasteiger partial charge < -0.3 is 15.7 Å². The van der Waals surface area contributed by atoms with Crippen molar-refractivity contribution in [3.63, 3.8) is 0 Å². The standard InChI is InChI=1S/C14H15N3O2S/c18-10-3-1-2-9(6-10)7-13(19)17-14-16-11-4-5-15-8-12(11)20-14/h1-3,6,15,18H,4-5,7-8H2,(H,16,17,19). The fourth-order valence-corrected chi connectivity index (χ4v) is 3.19. The van der Waals surface area contributed by atoms with Gasteiger partial charge in [-0.1, -0.05) is 12.1 Å². The van der Waals surface area contributed by atoms with Gasteiger partial charge in [-0.3, -0.25) is 4.79 Å². The Morgan fingerprint density at radius 2 is 2.40 bits per heavy atom. The van der Waals surface area contributed by atoms with E-state index in [0.717, 1.165) is 30.8 Å². The predicted octanol–water partition coefficient (Wildman–Crippen LogP) is 1.68. The molecule has 3 rings (SSSR count). The molecule has 0 bridgehead atoms. The van der Waals surface area contributed by atoms with Crippen LogP contribution < -0.4 is 10.6 Å². The van der Waals surface area contributed by atoms with Crippen molar-refractivity contribution >= 4 is 22.4 Å². The van der Waals surface area contributed by atoms with E-state index in [1.165, 1.54) is 16.2 Å². The molecule has 0 unspecified atom stereocenters. The molecule has 0 saturated heterocycles. The number of aromatic nitrogens is 1. The van der Waals surface area contributed by atoms with E-state index in [0.29, 0.717) is 5.13 Å². The monoisotopic (exact) mass is 289 g/mol. The Labute approximate surface area is 120 Å². The SMILES string of the molecule is O=C(Cc1cccc(O)c1)Nc1nc2c(s1)CNCC2. The molecule has 0 atom stereocenters. The van der Waals surface area contributed by atoms with Crippen LogP contribution in [0.4, 0.5) is 5.13 Å². The number of thiazole rings is 1. The van der Waals surface area contributed by atoms with Crippen molar-refractivity contribution in [3.8, 4) is 5.75 Å². The Morgan fingerprint density at radius 1 is 1.50 bits per heavy atom. The summed E-state index contributed by atoms with van der Waals surface area (Å²) < 4.78 is 0. The second-order valence-electron chi connectivity index (χ2n) is 4.71. The number of hydrogen-bond acceptors (Lipinski definition) is 5. The second-order valence-corrected chi connectivity index (χ2v) is 5.79. The average Bonchev–Trinajstić information content (AvgIpc) is 2.80. The number of nitrogens with zero attached hydrogens (tertiary/aromatic N) is 1. The molecule has 0 fully saturated rings. The zero-order valence-electron chi connectivity index (χ0n) is 10.8. The van der Waals surface area contributed by atoms with Gasteiger partial charge in [0.15, 0.2) is 5.13 Å². The lowest BCUT2D eigenvalue weighted by Crippen LogP contribution is -2.22. The van der Waals surface area contributed by atoms with E-state index in [9.17, 15) is 9.90 Å². The van der Waals surface area contributed by atoms with Gasteiger partial charge in [0.2, 0.25) is 5.91 Å². The lowest BCUT2D eigenvalue weighted by molar-refractivity contribution is -0.115. The Kier molecular flexibility index (Phi) is 3.66. The first-order chi connectivity index (χ1) is 9.70. The average molecular weight is 289 g/mol. The minimum Gasteiger partial charge on any atom is -0.508 e. The summed E-state index contributed by atoms with van der Waals surface area (Å²) in [6, 6.07) is 6.72. The lowest BCUT2D eigenvalue weighted by Gasteiger charge is -2.09. The molecule has 6 heteroatoms. The van der Waals surface area contributed by atoms with Crippen molar-refractivity contribution in [2.24, 2.45) is 0 Å². The van der Waals surface area contributed by atoms with Crippen LogP contribution in [0, 0.1) is 0 Å². The third-order valence-corrected chi connectivity index (χ3v) is 4.14. The van der Waals surface area contributed by atoms with Gasteiger partial charge in [-0.25, -0.2) is 4.98 Å². The highest BCUT2D eigenvalue weighted by atomic mass is 32.1. The maximum Gasteiger partial charge on any atom is 0.230 e. The molecule has 3 N–H and O–H groups in total. The quantitative estimate of drug-likeness (QED) is 0.803. The number of nitrogens with one attached hydrogen (secondary N) is 2. The number of phenols is 1. The van der Waals surface area contributed by atoms with Gasteiger partial charge in [-0.2, -0.15) is 0 Å². The number of aromatic hydroxyl groups is 1. The molecule has 0 radical (unpaired) electrons. The minimum absolute atomic E-state index is 0.116. The van der Waals surface area contributed by atoms with Crippen molar-refractivity contribution in [2.45, 2.75) is 19.4 Å². The van der Waals surface area contributed by atoms with Gasteiger partial charge in [-0.15, -0.1) is 11.3 Å². The second kappa shape index (κ2) is 5.60. The molecular formula is C14H15N3O2S. The van der Waals surface area contributed by atoms with Crippen molar-refractivity contribution in [2.75, 3.05) is 11.9 Å². The van der Waals surface area contributed by atoms with Crippen molar-refractivity contribution in [1.82, 2.24) is 10.3 Å². The van der Waals surface area contributed by atoms with Crippen LogP contribution in [0.2, 0.25) is 0 Å². The van der Waals surface area contributed by atoms with Crippen molar-refractivity contribution < 1.29 is 9.90 Å².